The van der Waals surface area contributed by atoms with Crippen molar-refractivity contribution >= 4 is 34.9 Å². The van der Waals surface area contributed by atoms with Gasteiger partial charge in [-0.3, -0.25) is 0 Å². The average Bonchev–Trinajstić information content (AvgIpc) is 2.47. The van der Waals surface area contributed by atoms with Crippen molar-refractivity contribution in [3.8, 4) is 0 Å². The van der Waals surface area contributed by atoms with Crippen molar-refractivity contribution in [2.24, 2.45) is 0 Å². The minimum Gasteiger partial charge on any atom is -0.460 e. The molecule has 0 amide bonds. The second kappa shape index (κ2) is 7.58. The van der Waals surface area contributed by atoms with Gasteiger partial charge in [-0.05, 0) is 30.8 Å². The molecule has 5 nitrogen and oxygen atoms in total. The summed E-state index contributed by atoms with van der Waals surface area (Å²) in [5.41, 5.74) is 1.87. The molecule has 0 bridgehead atoms. The second-order valence-corrected chi connectivity index (χ2v) is 5.54. The second-order valence-electron chi connectivity index (χ2n) is 4.72. The summed E-state index contributed by atoms with van der Waals surface area (Å²) in [7, 11) is 1.55. The number of rotatable bonds is 5. The number of nitrogens with one attached hydrogen (secondary N) is 2. The molecule has 7 heteroatoms. The smallest absolute Gasteiger partial charge is 0.338 e. The Hall–Kier alpha value is -1.63. The number of allylic oxidation sites excluding steroid dienone is 1. The Bertz CT molecular complexity index is 619. The minimum atomic E-state index is -0.447. The SMILES string of the molecule is COCCOC(=O)C1=C(C)NC(=S)NC1c1ccccc1Cl. The molecule has 1 heterocycles. The number of benzene rings is 1. The standard InChI is InChI=1S/C15H17ClN2O3S/c1-9-12(14(19)21-8-7-20-2)13(18-15(22)17-9)10-5-3-4-6-11(10)16/h3-6,13H,7-8H2,1-2H3,(H2,17,18,22). The van der Waals surface area contributed by atoms with Crippen LogP contribution >= 0.6 is 23.8 Å². The number of ether oxygens (including phenoxy) is 2. The molecule has 0 spiro atoms. The van der Waals surface area contributed by atoms with Crippen LogP contribution < -0.4 is 10.6 Å². The Labute approximate surface area is 139 Å². The van der Waals surface area contributed by atoms with E-state index in [1.807, 2.05) is 18.2 Å². The van der Waals surface area contributed by atoms with Gasteiger partial charge < -0.3 is 20.1 Å². The van der Waals surface area contributed by atoms with E-state index in [0.717, 1.165) is 5.56 Å². The normalized spacial score (nSPS) is 17.8. The molecular formula is C15H17ClN2O3S. The lowest BCUT2D eigenvalue weighted by atomic mass is 9.95. The first-order valence-electron chi connectivity index (χ1n) is 6.73. The Balaban J connectivity index is 2.33. The van der Waals surface area contributed by atoms with E-state index in [-0.39, 0.29) is 6.61 Å². The van der Waals surface area contributed by atoms with Crippen molar-refractivity contribution in [1.29, 1.82) is 0 Å². The fourth-order valence-corrected chi connectivity index (χ4v) is 2.72. The van der Waals surface area contributed by atoms with Gasteiger partial charge >= 0.3 is 5.97 Å². The highest BCUT2D eigenvalue weighted by Crippen LogP contribution is 2.31. The monoisotopic (exact) mass is 340 g/mol. The van der Waals surface area contributed by atoms with Gasteiger partial charge in [0.2, 0.25) is 0 Å². The zero-order chi connectivity index (χ0) is 16.1. The highest BCUT2D eigenvalue weighted by molar-refractivity contribution is 7.80. The van der Waals surface area contributed by atoms with Crippen LogP contribution in [0.4, 0.5) is 0 Å². The largest absolute Gasteiger partial charge is 0.460 e. The molecule has 0 aromatic heterocycles. The number of thiocarbonyl (C=S) groups is 1. The molecule has 0 radical (unpaired) electrons. The van der Waals surface area contributed by atoms with E-state index < -0.39 is 12.0 Å². The van der Waals surface area contributed by atoms with Gasteiger partial charge in [-0.25, -0.2) is 4.79 Å². The Morgan fingerprint density at radius 3 is 2.77 bits per heavy atom. The van der Waals surface area contributed by atoms with Crippen LogP contribution in [0.5, 0.6) is 0 Å². The average molecular weight is 341 g/mol. The van der Waals surface area contributed by atoms with E-state index in [4.69, 9.17) is 33.3 Å². The molecule has 1 unspecified atom stereocenters. The van der Waals surface area contributed by atoms with Crippen LogP contribution in [0.15, 0.2) is 35.5 Å². The summed E-state index contributed by atoms with van der Waals surface area (Å²) in [4.78, 5) is 12.4. The summed E-state index contributed by atoms with van der Waals surface area (Å²) in [5.74, 6) is -0.429. The van der Waals surface area contributed by atoms with Gasteiger partial charge in [0.25, 0.3) is 0 Å². The van der Waals surface area contributed by atoms with E-state index in [1.54, 1.807) is 20.1 Å². The molecular weight excluding hydrogens is 324 g/mol. The van der Waals surface area contributed by atoms with Crippen LogP contribution in [0.25, 0.3) is 0 Å². The van der Waals surface area contributed by atoms with Crippen LogP contribution in [0, 0.1) is 0 Å². The first kappa shape index (κ1) is 16.7. The Kier molecular flexibility index (Phi) is 5.76. The van der Waals surface area contributed by atoms with Crippen molar-refractivity contribution in [2.75, 3.05) is 20.3 Å². The quantitative estimate of drug-likeness (QED) is 0.487. The number of halogens is 1. The maximum absolute atomic E-state index is 12.4. The third kappa shape index (κ3) is 3.76. The molecule has 0 saturated carbocycles. The van der Waals surface area contributed by atoms with Crippen LogP contribution in [0.2, 0.25) is 5.02 Å². The van der Waals surface area contributed by atoms with Gasteiger partial charge in [-0.1, -0.05) is 29.8 Å². The topological polar surface area (TPSA) is 59.6 Å². The van der Waals surface area contributed by atoms with Crippen LogP contribution in [-0.2, 0) is 14.3 Å². The third-order valence-corrected chi connectivity index (χ3v) is 3.79. The maximum Gasteiger partial charge on any atom is 0.338 e. The number of methoxy groups -OCH3 is 1. The van der Waals surface area contributed by atoms with Crippen LogP contribution in [0.3, 0.4) is 0 Å². The molecule has 1 aromatic rings. The van der Waals surface area contributed by atoms with E-state index in [0.29, 0.717) is 28.0 Å². The van der Waals surface area contributed by atoms with E-state index >= 15 is 0 Å². The molecule has 0 aliphatic carbocycles. The fourth-order valence-electron chi connectivity index (χ4n) is 2.20. The summed E-state index contributed by atoms with van der Waals surface area (Å²) in [6.07, 6.45) is 0. The molecule has 22 heavy (non-hydrogen) atoms. The Morgan fingerprint density at radius 2 is 2.09 bits per heavy atom. The molecule has 1 atom stereocenters. The van der Waals surface area contributed by atoms with Crippen molar-refractivity contribution in [3.63, 3.8) is 0 Å². The predicted octanol–water partition coefficient (Wildman–Crippen LogP) is 2.32. The first-order chi connectivity index (χ1) is 10.5. The zero-order valence-electron chi connectivity index (χ0n) is 12.3. The third-order valence-electron chi connectivity index (χ3n) is 3.23. The Morgan fingerprint density at radius 1 is 1.36 bits per heavy atom. The van der Waals surface area contributed by atoms with Crippen molar-refractivity contribution in [1.82, 2.24) is 10.6 Å². The lowest BCUT2D eigenvalue weighted by Gasteiger charge is -2.30. The number of carbonyl (C=O) groups is 1. The minimum absolute atomic E-state index is 0.186. The van der Waals surface area contributed by atoms with Gasteiger partial charge in [-0.15, -0.1) is 0 Å². The molecule has 1 aliphatic rings. The molecule has 1 aliphatic heterocycles. The summed E-state index contributed by atoms with van der Waals surface area (Å²) in [5, 5.41) is 7.01. The van der Waals surface area contributed by atoms with Crippen molar-refractivity contribution < 1.29 is 14.3 Å². The molecule has 118 valence electrons. The van der Waals surface area contributed by atoms with E-state index in [9.17, 15) is 4.79 Å². The number of hydrogen-bond donors (Lipinski definition) is 2. The van der Waals surface area contributed by atoms with Gasteiger partial charge in [0, 0.05) is 17.8 Å². The summed E-state index contributed by atoms with van der Waals surface area (Å²) in [6.45, 7) is 2.31. The predicted molar refractivity (Wildman–Crippen MR) is 88.6 cm³/mol. The fraction of sp³-hybridized carbons (Fsp3) is 0.333. The number of carbonyl (C=O) groups excluding carboxylic acids is 1. The molecule has 0 saturated heterocycles. The highest BCUT2D eigenvalue weighted by atomic mass is 35.5. The highest BCUT2D eigenvalue weighted by Gasteiger charge is 2.31. The summed E-state index contributed by atoms with van der Waals surface area (Å²) >= 11 is 11.4. The molecule has 2 N–H and O–H groups in total. The van der Waals surface area contributed by atoms with Crippen LogP contribution in [0.1, 0.15) is 18.5 Å². The van der Waals surface area contributed by atoms with Crippen LogP contribution in [-0.4, -0.2) is 31.4 Å². The first-order valence-corrected chi connectivity index (χ1v) is 7.52. The van der Waals surface area contributed by atoms with Gasteiger partial charge in [0.1, 0.15) is 6.61 Å². The molecule has 1 aromatic carbocycles. The van der Waals surface area contributed by atoms with Gasteiger partial charge in [0.15, 0.2) is 5.11 Å². The van der Waals surface area contributed by atoms with E-state index in [2.05, 4.69) is 10.6 Å². The molecule has 2 rings (SSSR count). The molecule has 0 fully saturated rings. The van der Waals surface area contributed by atoms with Crippen molar-refractivity contribution in [3.05, 3.63) is 46.1 Å². The van der Waals surface area contributed by atoms with E-state index in [1.165, 1.54) is 0 Å². The summed E-state index contributed by atoms with van der Waals surface area (Å²) < 4.78 is 10.1. The number of hydrogen-bond acceptors (Lipinski definition) is 4. The van der Waals surface area contributed by atoms with Gasteiger partial charge in [-0.2, -0.15) is 0 Å². The number of esters is 1. The lowest BCUT2D eigenvalue weighted by Crippen LogP contribution is -2.45. The summed E-state index contributed by atoms with van der Waals surface area (Å²) in [6, 6.07) is 6.86. The maximum atomic E-state index is 12.4. The van der Waals surface area contributed by atoms with Crippen molar-refractivity contribution in [2.45, 2.75) is 13.0 Å². The lowest BCUT2D eigenvalue weighted by molar-refractivity contribution is -0.140. The zero-order valence-corrected chi connectivity index (χ0v) is 13.9. The van der Waals surface area contributed by atoms with Gasteiger partial charge in [0.05, 0.1) is 18.2 Å².